The van der Waals surface area contributed by atoms with Crippen molar-refractivity contribution in [3.63, 3.8) is 0 Å². The van der Waals surface area contributed by atoms with Gasteiger partial charge in [0.1, 0.15) is 0 Å². The zero-order valence-electron chi connectivity index (χ0n) is 15.7. The number of rotatable bonds is 5. The summed E-state index contributed by atoms with van der Waals surface area (Å²) in [6.07, 6.45) is 7.33. The molecule has 0 N–H and O–H groups in total. The van der Waals surface area contributed by atoms with E-state index in [-0.39, 0.29) is 5.41 Å². The Bertz CT molecular complexity index is 845. The molecule has 3 aromatic rings. The van der Waals surface area contributed by atoms with Gasteiger partial charge in [0.25, 0.3) is 0 Å². The highest BCUT2D eigenvalue weighted by molar-refractivity contribution is 5.54. The van der Waals surface area contributed by atoms with Gasteiger partial charge in [0.15, 0.2) is 0 Å². The summed E-state index contributed by atoms with van der Waals surface area (Å²) in [5.74, 6) is 0. The lowest BCUT2D eigenvalue weighted by atomic mass is 9.62. The standard InChI is InChI=1S/C26H28/c1-2-3-10-21-16-18-24(19-17-21)26(23-13-5-4-6-14-23)20-9-12-22-11-7-8-15-25(22)26/h4-8,11,13-19H,2-3,9-10,12,20H2,1H3. The molecule has 132 valence electrons. The molecule has 0 saturated heterocycles. The molecule has 3 aromatic carbocycles. The minimum absolute atomic E-state index is 0.0145. The lowest BCUT2D eigenvalue weighted by molar-refractivity contribution is 0.497. The molecule has 1 unspecified atom stereocenters. The van der Waals surface area contributed by atoms with Crippen molar-refractivity contribution in [2.24, 2.45) is 0 Å². The van der Waals surface area contributed by atoms with E-state index in [9.17, 15) is 0 Å². The number of unbranched alkanes of at least 4 members (excludes halogenated alkanes) is 1. The first-order chi connectivity index (χ1) is 12.8. The van der Waals surface area contributed by atoms with Crippen LogP contribution in [0.15, 0.2) is 78.9 Å². The monoisotopic (exact) mass is 340 g/mol. The molecule has 0 spiro atoms. The van der Waals surface area contributed by atoms with Crippen LogP contribution in [-0.4, -0.2) is 0 Å². The smallest absolute Gasteiger partial charge is 0.0454 e. The van der Waals surface area contributed by atoms with Gasteiger partial charge in [0, 0.05) is 5.41 Å². The Kier molecular flexibility index (Phi) is 4.93. The third kappa shape index (κ3) is 2.98. The molecule has 26 heavy (non-hydrogen) atoms. The van der Waals surface area contributed by atoms with E-state index >= 15 is 0 Å². The van der Waals surface area contributed by atoms with E-state index in [0.717, 1.165) is 0 Å². The number of hydrogen-bond donors (Lipinski definition) is 0. The average molecular weight is 341 g/mol. The van der Waals surface area contributed by atoms with Gasteiger partial charge in [-0.2, -0.15) is 0 Å². The molecule has 0 aromatic heterocycles. The van der Waals surface area contributed by atoms with E-state index in [0.29, 0.717) is 0 Å². The highest BCUT2D eigenvalue weighted by atomic mass is 14.4. The van der Waals surface area contributed by atoms with Crippen LogP contribution in [0, 0.1) is 0 Å². The van der Waals surface area contributed by atoms with Gasteiger partial charge in [0.2, 0.25) is 0 Å². The fourth-order valence-corrected chi connectivity index (χ4v) is 4.66. The first-order valence-corrected chi connectivity index (χ1v) is 10.1. The Hall–Kier alpha value is -2.34. The lowest BCUT2D eigenvalue weighted by Crippen LogP contribution is -2.33. The van der Waals surface area contributed by atoms with Crippen molar-refractivity contribution in [3.05, 3.63) is 107 Å². The Morgan fingerprint density at radius 1 is 0.769 bits per heavy atom. The first-order valence-electron chi connectivity index (χ1n) is 10.1. The molecule has 0 heteroatoms. The molecule has 0 bridgehead atoms. The zero-order valence-corrected chi connectivity index (χ0v) is 15.7. The van der Waals surface area contributed by atoms with Crippen LogP contribution in [0.3, 0.4) is 0 Å². The van der Waals surface area contributed by atoms with E-state index in [1.54, 1.807) is 0 Å². The Morgan fingerprint density at radius 2 is 1.46 bits per heavy atom. The summed E-state index contributed by atoms with van der Waals surface area (Å²) >= 11 is 0. The van der Waals surface area contributed by atoms with Gasteiger partial charge in [-0.1, -0.05) is 92.2 Å². The fraction of sp³-hybridized carbons (Fsp3) is 0.308. The molecular formula is C26H28. The number of aryl methyl sites for hydroxylation is 2. The van der Waals surface area contributed by atoms with Crippen LogP contribution in [0.25, 0.3) is 0 Å². The maximum Gasteiger partial charge on any atom is 0.0454 e. The molecule has 0 nitrogen and oxygen atoms in total. The largest absolute Gasteiger partial charge is 0.0654 e. The summed E-state index contributed by atoms with van der Waals surface area (Å²) in [4.78, 5) is 0. The van der Waals surface area contributed by atoms with E-state index in [1.807, 2.05) is 0 Å². The van der Waals surface area contributed by atoms with Crippen molar-refractivity contribution >= 4 is 0 Å². The molecule has 0 fully saturated rings. The van der Waals surface area contributed by atoms with Crippen molar-refractivity contribution in [1.29, 1.82) is 0 Å². The minimum Gasteiger partial charge on any atom is -0.0654 e. The van der Waals surface area contributed by atoms with Gasteiger partial charge in [-0.3, -0.25) is 0 Å². The molecule has 0 aliphatic heterocycles. The topological polar surface area (TPSA) is 0 Å². The number of benzene rings is 3. The highest BCUT2D eigenvalue weighted by Crippen LogP contribution is 2.47. The van der Waals surface area contributed by atoms with Gasteiger partial charge in [-0.15, -0.1) is 0 Å². The molecule has 4 rings (SSSR count). The van der Waals surface area contributed by atoms with E-state index < -0.39 is 0 Å². The van der Waals surface area contributed by atoms with Crippen molar-refractivity contribution in [2.75, 3.05) is 0 Å². The Morgan fingerprint density at radius 3 is 2.23 bits per heavy atom. The average Bonchev–Trinajstić information content (AvgIpc) is 2.73. The Balaban J connectivity index is 1.86. The third-order valence-corrected chi connectivity index (χ3v) is 6.01. The first kappa shape index (κ1) is 17.1. The third-order valence-electron chi connectivity index (χ3n) is 6.01. The quantitative estimate of drug-likeness (QED) is 0.485. The van der Waals surface area contributed by atoms with Crippen LogP contribution in [0.4, 0.5) is 0 Å². The SMILES string of the molecule is CCCCc1ccc(C2(c3ccccc3)CCCc3ccccc32)cc1. The van der Waals surface area contributed by atoms with Gasteiger partial charge in [-0.25, -0.2) is 0 Å². The van der Waals surface area contributed by atoms with Gasteiger partial charge >= 0.3 is 0 Å². The molecule has 0 heterocycles. The lowest BCUT2D eigenvalue weighted by Gasteiger charge is -2.40. The van der Waals surface area contributed by atoms with Gasteiger partial charge < -0.3 is 0 Å². The second-order valence-corrected chi connectivity index (χ2v) is 7.58. The molecule has 0 saturated carbocycles. The summed E-state index contributed by atoms with van der Waals surface area (Å²) < 4.78 is 0. The maximum absolute atomic E-state index is 2.39. The second kappa shape index (κ2) is 7.50. The van der Waals surface area contributed by atoms with Crippen LogP contribution in [0.2, 0.25) is 0 Å². The van der Waals surface area contributed by atoms with Gasteiger partial charge in [-0.05, 0) is 59.9 Å². The Labute approximate surface area is 157 Å². The summed E-state index contributed by atoms with van der Waals surface area (Å²) in [6.45, 7) is 2.26. The van der Waals surface area contributed by atoms with Gasteiger partial charge in [0.05, 0.1) is 0 Å². The van der Waals surface area contributed by atoms with E-state index in [1.165, 1.54) is 66.3 Å². The highest BCUT2D eigenvalue weighted by Gasteiger charge is 2.39. The van der Waals surface area contributed by atoms with Crippen LogP contribution in [-0.2, 0) is 18.3 Å². The van der Waals surface area contributed by atoms with E-state index in [2.05, 4.69) is 85.8 Å². The minimum atomic E-state index is -0.0145. The predicted octanol–water partition coefficient (Wildman–Crippen LogP) is 6.70. The second-order valence-electron chi connectivity index (χ2n) is 7.58. The van der Waals surface area contributed by atoms with Crippen molar-refractivity contribution < 1.29 is 0 Å². The predicted molar refractivity (Wildman–Crippen MR) is 111 cm³/mol. The van der Waals surface area contributed by atoms with Crippen LogP contribution >= 0.6 is 0 Å². The summed E-state index contributed by atoms with van der Waals surface area (Å²) in [5, 5.41) is 0. The molecule has 1 aliphatic carbocycles. The number of fused-ring (bicyclic) bond motifs is 1. The molecule has 0 amide bonds. The van der Waals surface area contributed by atoms with Crippen LogP contribution in [0.5, 0.6) is 0 Å². The maximum atomic E-state index is 2.39. The van der Waals surface area contributed by atoms with E-state index in [4.69, 9.17) is 0 Å². The van der Waals surface area contributed by atoms with Crippen molar-refractivity contribution in [3.8, 4) is 0 Å². The van der Waals surface area contributed by atoms with Crippen molar-refractivity contribution in [1.82, 2.24) is 0 Å². The molecular weight excluding hydrogens is 312 g/mol. The zero-order chi connectivity index (χ0) is 17.8. The van der Waals surface area contributed by atoms with Crippen LogP contribution in [0.1, 0.15) is 60.4 Å². The molecule has 1 aliphatic rings. The number of hydrogen-bond acceptors (Lipinski definition) is 0. The summed E-state index contributed by atoms with van der Waals surface area (Å²) in [7, 11) is 0. The summed E-state index contributed by atoms with van der Waals surface area (Å²) in [5.41, 5.74) is 7.32. The fourth-order valence-electron chi connectivity index (χ4n) is 4.66. The molecule has 0 radical (unpaired) electrons. The van der Waals surface area contributed by atoms with Crippen molar-refractivity contribution in [2.45, 2.75) is 50.9 Å². The van der Waals surface area contributed by atoms with Crippen LogP contribution < -0.4 is 0 Å². The summed E-state index contributed by atoms with van der Waals surface area (Å²) in [6, 6.07) is 29.7. The normalized spacial score (nSPS) is 19.1. The molecule has 1 atom stereocenters.